The molecule has 0 saturated carbocycles. The average molecular weight is 497 g/mol. The van der Waals surface area contributed by atoms with Gasteiger partial charge in [0.25, 0.3) is 0 Å². The number of benzene rings is 2. The minimum atomic E-state index is -0.461. The van der Waals surface area contributed by atoms with Gasteiger partial charge in [-0.15, -0.1) is 0 Å². The molecule has 0 bridgehead atoms. The molecule has 0 saturated heterocycles. The molecule has 0 fully saturated rings. The highest BCUT2D eigenvalue weighted by molar-refractivity contribution is 5.89. The van der Waals surface area contributed by atoms with Gasteiger partial charge in [-0.25, -0.2) is 14.2 Å². The second-order valence-corrected chi connectivity index (χ2v) is 8.05. The lowest BCUT2D eigenvalue weighted by Gasteiger charge is -2.11. The Morgan fingerprint density at radius 2 is 1.72 bits per heavy atom. The zero-order valence-electron chi connectivity index (χ0n) is 22.5. The number of urea groups is 1. The van der Waals surface area contributed by atoms with Crippen LogP contribution < -0.4 is 31.1 Å². The summed E-state index contributed by atoms with van der Waals surface area (Å²) in [7, 11) is 0. The highest BCUT2D eigenvalue weighted by Crippen LogP contribution is 2.16. The van der Waals surface area contributed by atoms with E-state index < -0.39 is 5.82 Å². The smallest absolute Gasteiger partial charge is 0.319 e. The summed E-state index contributed by atoms with van der Waals surface area (Å²) < 4.78 is 20.7. The van der Waals surface area contributed by atoms with Gasteiger partial charge in [-0.05, 0) is 62.7 Å². The van der Waals surface area contributed by atoms with Crippen molar-refractivity contribution in [2.24, 2.45) is 4.99 Å². The predicted molar refractivity (Wildman–Crippen MR) is 152 cm³/mol. The van der Waals surface area contributed by atoms with Crippen LogP contribution in [0, 0.1) is 5.82 Å². The number of aliphatic imine (C=N–C) groups is 1. The molecule has 36 heavy (non-hydrogen) atoms. The number of amides is 2. The maximum Gasteiger partial charge on any atom is 0.319 e. The van der Waals surface area contributed by atoms with Crippen LogP contribution in [0.15, 0.2) is 53.0 Å². The van der Waals surface area contributed by atoms with Gasteiger partial charge in [0.05, 0.1) is 11.8 Å². The molecule has 3 N–H and O–H groups in total. The molecule has 0 aliphatic carbocycles. The Hall–Kier alpha value is -3.61. The van der Waals surface area contributed by atoms with Crippen molar-refractivity contribution in [3.8, 4) is 5.75 Å². The van der Waals surface area contributed by atoms with E-state index in [4.69, 9.17) is 4.74 Å². The van der Waals surface area contributed by atoms with Gasteiger partial charge in [0.2, 0.25) is 0 Å². The Kier molecular flexibility index (Phi) is 14.3. The molecule has 0 heterocycles. The van der Waals surface area contributed by atoms with Crippen LogP contribution in [0.25, 0.3) is 12.4 Å². The summed E-state index contributed by atoms with van der Waals surface area (Å²) >= 11 is 0. The highest BCUT2D eigenvalue weighted by atomic mass is 19.1. The Morgan fingerprint density at radius 1 is 1.08 bits per heavy atom. The van der Waals surface area contributed by atoms with E-state index in [2.05, 4.69) is 34.4 Å². The van der Waals surface area contributed by atoms with E-state index in [1.807, 2.05) is 33.8 Å². The van der Waals surface area contributed by atoms with Gasteiger partial charge in [0.1, 0.15) is 17.4 Å². The summed E-state index contributed by atoms with van der Waals surface area (Å²) in [6.07, 6.45) is 6.60. The van der Waals surface area contributed by atoms with E-state index in [0.29, 0.717) is 41.3 Å². The molecule has 0 unspecified atom stereocenters. The van der Waals surface area contributed by atoms with Gasteiger partial charge in [0, 0.05) is 30.2 Å². The first-order valence-corrected chi connectivity index (χ1v) is 12.5. The van der Waals surface area contributed by atoms with E-state index in [-0.39, 0.29) is 11.2 Å². The lowest BCUT2D eigenvalue weighted by molar-refractivity contribution is 0.253. The monoisotopic (exact) mass is 496 g/mol. The minimum absolute atomic E-state index is 0.278. The van der Waals surface area contributed by atoms with Crippen molar-refractivity contribution in [3.63, 3.8) is 0 Å². The van der Waals surface area contributed by atoms with Crippen LogP contribution >= 0.6 is 0 Å². The second-order valence-electron chi connectivity index (χ2n) is 8.05. The number of hydrogen-bond donors (Lipinski definition) is 3. The number of hydrogen-bond acceptors (Lipinski definition) is 4. The highest BCUT2D eigenvalue weighted by Gasteiger charge is 2.08. The molecule has 0 radical (unpaired) electrons. The first kappa shape index (κ1) is 30.4. The van der Waals surface area contributed by atoms with E-state index >= 15 is 4.39 Å². The summed E-state index contributed by atoms with van der Waals surface area (Å²) in [6.45, 7) is 16.8. The van der Waals surface area contributed by atoms with E-state index in [0.717, 1.165) is 24.8 Å². The van der Waals surface area contributed by atoms with Gasteiger partial charge < -0.3 is 20.7 Å². The second kappa shape index (κ2) is 16.9. The van der Waals surface area contributed by atoms with Crippen LogP contribution in [0.2, 0.25) is 0 Å². The number of ether oxygens (including phenoxy) is 1. The quantitative estimate of drug-likeness (QED) is 0.197. The van der Waals surface area contributed by atoms with Crippen molar-refractivity contribution in [1.82, 2.24) is 5.32 Å². The third-order valence-electron chi connectivity index (χ3n) is 4.84. The average Bonchev–Trinajstić information content (AvgIpc) is 2.84. The Balaban J connectivity index is 0.00000316. The topological polar surface area (TPSA) is 74.8 Å². The maximum absolute atomic E-state index is 15.0. The van der Waals surface area contributed by atoms with Crippen molar-refractivity contribution in [2.45, 2.75) is 60.8 Å². The van der Waals surface area contributed by atoms with Crippen LogP contribution in [0.1, 0.15) is 60.8 Å². The fraction of sp³-hybridized carbons (Fsp3) is 0.379. The summed E-state index contributed by atoms with van der Waals surface area (Å²) in [5, 5.41) is 9.43. The third kappa shape index (κ3) is 10.8. The lowest BCUT2D eigenvalue weighted by Crippen LogP contribution is -2.31. The van der Waals surface area contributed by atoms with Crippen molar-refractivity contribution in [3.05, 3.63) is 64.3 Å². The number of rotatable bonds is 11. The van der Waals surface area contributed by atoms with Crippen molar-refractivity contribution < 1.29 is 13.9 Å². The van der Waals surface area contributed by atoms with Gasteiger partial charge in [-0.3, -0.25) is 0 Å². The molecule has 0 atom stereocenters. The van der Waals surface area contributed by atoms with E-state index in [1.165, 1.54) is 6.07 Å². The lowest BCUT2D eigenvalue weighted by atomic mass is 10.2. The third-order valence-corrected chi connectivity index (χ3v) is 4.84. The maximum atomic E-state index is 15.0. The first-order valence-electron chi connectivity index (χ1n) is 12.5. The van der Waals surface area contributed by atoms with Gasteiger partial charge in [-0.2, -0.15) is 0 Å². The number of unbranched alkanes of at least 4 members (excludes halogenated alkanes) is 2. The van der Waals surface area contributed by atoms with Crippen molar-refractivity contribution in [2.75, 3.05) is 23.8 Å². The number of nitrogens with zero attached hydrogens (tertiary/aromatic N) is 1. The number of carbonyl (C=O) groups excluding carboxylic acids is 1. The molecule has 0 aliphatic heterocycles. The number of allylic oxidation sites excluding steroid dienone is 1. The zero-order valence-corrected chi connectivity index (χ0v) is 22.5. The van der Waals surface area contributed by atoms with Gasteiger partial charge in [-0.1, -0.05) is 51.8 Å². The molecular weight excluding hydrogens is 455 g/mol. The van der Waals surface area contributed by atoms with Crippen LogP contribution in [0.3, 0.4) is 0 Å². The molecule has 2 rings (SSSR count). The molecule has 196 valence electrons. The van der Waals surface area contributed by atoms with Crippen LogP contribution in [-0.4, -0.2) is 25.4 Å². The van der Waals surface area contributed by atoms with Gasteiger partial charge >= 0.3 is 6.03 Å². The largest absolute Gasteiger partial charge is 0.493 e. The summed E-state index contributed by atoms with van der Waals surface area (Å²) in [5.74, 6) is 0.334. The van der Waals surface area contributed by atoms with Gasteiger partial charge in [0.15, 0.2) is 0 Å². The number of nitrogens with one attached hydrogen (secondary N) is 3. The molecule has 0 aliphatic rings. The van der Waals surface area contributed by atoms with E-state index in [1.54, 1.807) is 43.5 Å². The van der Waals surface area contributed by atoms with Crippen molar-refractivity contribution in [1.29, 1.82) is 0 Å². The Bertz CT molecular complexity index is 1120. The summed E-state index contributed by atoms with van der Waals surface area (Å²) in [6, 6.07) is 9.87. The predicted octanol–water partition coefficient (Wildman–Crippen LogP) is 6.19. The number of halogens is 1. The molecule has 0 aromatic heterocycles. The van der Waals surface area contributed by atoms with Crippen molar-refractivity contribution >= 4 is 36.0 Å². The summed E-state index contributed by atoms with van der Waals surface area (Å²) in [4.78, 5) is 16.3. The zero-order chi connectivity index (χ0) is 26.9. The Labute approximate surface area is 215 Å². The fourth-order valence-electron chi connectivity index (χ4n) is 3.11. The summed E-state index contributed by atoms with van der Waals surface area (Å²) in [5.41, 5.74) is 2.46. The molecule has 2 amide bonds. The standard InChI is InChI=1S/C27H35FN4O2.C2H6/c1-6-8-9-16-34-23-17-20(5)25(24(28)18-23)26(29-7-2)31-21-10-12-22(13-11-21)32-27(33)30-15-14-19(3)4;1-2/h7,10-14,17-18,31H,5-6,8-9,15-16H2,1-4H3,(H2,30,32,33);1-2H3/b26-25-,29-7-;. The minimum Gasteiger partial charge on any atom is -0.493 e. The number of anilines is 2. The van der Waals surface area contributed by atoms with Crippen LogP contribution in [0.4, 0.5) is 20.6 Å². The SMILES string of the molecule is C=c1cc(OCCCCC)cc(F)/c1=C(/N=C\C)Nc1ccc(NC(=O)NCC=C(C)C)cc1.CC. The fourth-order valence-corrected chi connectivity index (χ4v) is 3.11. The molecule has 0 spiro atoms. The molecule has 6 nitrogen and oxygen atoms in total. The Morgan fingerprint density at radius 3 is 2.28 bits per heavy atom. The molecule has 2 aromatic carbocycles. The van der Waals surface area contributed by atoms with E-state index in [9.17, 15) is 4.79 Å². The molecule has 7 heteroatoms. The first-order chi connectivity index (χ1) is 17.3. The molecule has 2 aromatic rings. The van der Waals surface area contributed by atoms with Crippen LogP contribution in [0.5, 0.6) is 5.75 Å². The molecular formula is C29H41FN4O2. The number of carbonyl (C=O) groups is 1. The normalized spacial score (nSPS) is 11.2. The van der Waals surface area contributed by atoms with Crippen LogP contribution in [-0.2, 0) is 0 Å².